The second-order valence-electron chi connectivity index (χ2n) is 7.74. The van der Waals surface area contributed by atoms with Gasteiger partial charge in [-0.05, 0) is 51.8 Å². The Hall–Kier alpha value is -1.91. The number of nitrogens with zero attached hydrogens (tertiary/aromatic N) is 3. The predicted octanol–water partition coefficient (Wildman–Crippen LogP) is 3.35. The van der Waals surface area contributed by atoms with Crippen LogP contribution in [0.1, 0.15) is 40.0 Å². The highest BCUT2D eigenvalue weighted by atomic mass is 32.2. The van der Waals surface area contributed by atoms with E-state index in [2.05, 4.69) is 10.2 Å². The topological polar surface area (TPSA) is 103 Å². The lowest BCUT2D eigenvalue weighted by atomic mass is 10.2. The molecule has 8 nitrogen and oxygen atoms in total. The molecule has 0 bridgehead atoms. The highest BCUT2D eigenvalue weighted by Gasteiger charge is 2.26. The number of piperidine rings is 1. The second-order valence-corrected chi connectivity index (χ2v) is 10.6. The van der Waals surface area contributed by atoms with Crippen LogP contribution in [0.3, 0.4) is 0 Å². The van der Waals surface area contributed by atoms with Crippen molar-refractivity contribution < 1.29 is 22.4 Å². The first kappa shape index (κ1) is 21.8. The van der Waals surface area contributed by atoms with Crippen molar-refractivity contribution in [2.45, 2.75) is 55.8 Å². The fourth-order valence-corrected chi connectivity index (χ4v) is 5.02. The lowest BCUT2D eigenvalue weighted by molar-refractivity contribution is -0.151. The zero-order chi connectivity index (χ0) is 21.1. The number of hydrogen-bond donors (Lipinski definition) is 0. The fourth-order valence-electron chi connectivity index (χ4n) is 2.92. The Bertz CT molecular complexity index is 960. The molecule has 0 atom stereocenters. The first-order chi connectivity index (χ1) is 13.6. The molecule has 0 unspecified atom stereocenters. The average Bonchev–Trinajstić information content (AvgIpc) is 3.15. The molecule has 0 saturated carbocycles. The summed E-state index contributed by atoms with van der Waals surface area (Å²) in [6.45, 7) is 6.47. The Labute approximate surface area is 175 Å². The Balaban J connectivity index is 1.71. The molecule has 2 heterocycles. The first-order valence-corrected chi connectivity index (χ1v) is 11.9. The van der Waals surface area contributed by atoms with Gasteiger partial charge in [0.25, 0.3) is 5.22 Å². The van der Waals surface area contributed by atoms with Gasteiger partial charge < -0.3 is 9.15 Å². The van der Waals surface area contributed by atoms with Crippen LogP contribution in [0, 0.1) is 0 Å². The predicted molar refractivity (Wildman–Crippen MR) is 109 cm³/mol. The molecule has 0 radical (unpaired) electrons. The lowest BCUT2D eigenvalue weighted by Gasteiger charge is -2.25. The van der Waals surface area contributed by atoms with Crippen LogP contribution in [0.2, 0.25) is 0 Å². The van der Waals surface area contributed by atoms with Crippen LogP contribution >= 0.6 is 11.8 Å². The molecule has 158 valence electrons. The van der Waals surface area contributed by atoms with Gasteiger partial charge in [0.1, 0.15) is 11.4 Å². The number of sulfonamides is 1. The molecule has 1 saturated heterocycles. The lowest BCUT2D eigenvalue weighted by Crippen LogP contribution is -2.35. The third kappa shape index (κ3) is 5.80. The number of esters is 1. The zero-order valence-electron chi connectivity index (χ0n) is 16.8. The van der Waals surface area contributed by atoms with E-state index >= 15 is 0 Å². The van der Waals surface area contributed by atoms with Gasteiger partial charge in [-0.3, -0.25) is 4.79 Å². The first-order valence-electron chi connectivity index (χ1n) is 9.44. The molecule has 1 aromatic carbocycles. The van der Waals surface area contributed by atoms with Gasteiger partial charge in [0.15, 0.2) is 0 Å². The summed E-state index contributed by atoms with van der Waals surface area (Å²) in [7, 11) is -3.55. The van der Waals surface area contributed by atoms with Crippen molar-refractivity contribution in [3.63, 3.8) is 0 Å². The molecule has 0 N–H and O–H groups in total. The van der Waals surface area contributed by atoms with Gasteiger partial charge in [0.05, 0.1) is 4.90 Å². The molecule has 1 aliphatic rings. The van der Waals surface area contributed by atoms with E-state index in [-0.39, 0.29) is 27.7 Å². The Kier molecular flexibility index (Phi) is 6.65. The largest absolute Gasteiger partial charge is 0.459 e. The SMILES string of the molecule is CC(C)(C)OC(=O)CSc1nnc(-c2cccc(S(=O)(=O)N3CCCCC3)c2)o1. The fraction of sp³-hybridized carbons (Fsp3) is 0.526. The molecule has 0 aliphatic carbocycles. The van der Waals surface area contributed by atoms with Crippen LogP contribution < -0.4 is 0 Å². The van der Waals surface area contributed by atoms with Crippen molar-refractivity contribution in [2.75, 3.05) is 18.8 Å². The number of benzene rings is 1. The number of carbonyl (C=O) groups is 1. The number of aromatic nitrogens is 2. The Morgan fingerprint density at radius 3 is 2.62 bits per heavy atom. The highest BCUT2D eigenvalue weighted by molar-refractivity contribution is 7.99. The Morgan fingerprint density at radius 2 is 1.93 bits per heavy atom. The van der Waals surface area contributed by atoms with E-state index in [1.54, 1.807) is 45.0 Å². The van der Waals surface area contributed by atoms with E-state index in [4.69, 9.17) is 9.15 Å². The van der Waals surface area contributed by atoms with Crippen molar-refractivity contribution in [1.82, 2.24) is 14.5 Å². The van der Waals surface area contributed by atoms with Crippen molar-refractivity contribution >= 4 is 27.8 Å². The number of rotatable bonds is 6. The highest BCUT2D eigenvalue weighted by Crippen LogP contribution is 2.27. The van der Waals surface area contributed by atoms with Crippen molar-refractivity contribution in [3.05, 3.63) is 24.3 Å². The summed E-state index contributed by atoms with van der Waals surface area (Å²) in [4.78, 5) is 12.0. The molecule has 29 heavy (non-hydrogen) atoms. The summed E-state index contributed by atoms with van der Waals surface area (Å²) >= 11 is 1.08. The van der Waals surface area contributed by atoms with Gasteiger partial charge in [0.2, 0.25) is 15.9 Å². The minimum atomic E-state index is -3.55. The van der Waals surface area contributed by atoms with Crippen LogP contribution in [0.15, 0.2) is 38.8 Å². The minimum absolute atomic E-state index is 0.0439. The standard InChI is InChI=1S/C19H25N3O5S2/c1-19(2,3)27-16(23)13-28-18-21-20-17(26-18)14-8-7-9-15(12-14)29(24,25)22-10-5-4-6-11-22/h7-9,12H,4-6,10-11,13H2,1-3H3. The van der Waals surface area contributed by atoms with E-state index in [0.29, 0.717) is 18.7 Å². The van der Waals surface area contributed by atoms with Gasteiger partial charge in [-0.25, -0.2) is 8.42 Å². The molecule has 3 rings (SSSR count). The molecule has 10 heteroatoms. The third-order valence-corrected chi connectivity index (χ3v) is 6.86. The molecular formula is C19H25N3O5S2. The zero-order valence-corrected chi connectivity index (χ0v) is 18.4. The van der Waals surface area contributed by atoms with Crippen molar-refractivity contribution in [1.29, 1.82) is 0 Å². The van der Waals surface area contributed by atoms with E-state index < -0.39 is 15.6 Å². The summed E-state index contributed by atoms with van der Waals surface area (Å²) in [6.07, 6.45) is 2.80. The normalized spacial score (nSPS) is 16.0. The summed E-state index contributed by atoms with van der Waals surface area (Å²) in [6, 6.07) is 6.48. The van der Waals surface area contributed by atoms with E-state index in [0.717, 1.165) is 31.0 Å². The summed E-state index contributed by atoms with van der Waals surface area (Å²) in [5.41, 5.74) is -0.0440. The second kappa shape index (κ2) is 8.85. The molecule has 2 aromatic rings. The van der Waals surface area contributed by atoms with Gasteiger partial charge in [-0.2, -0.15) is 4.31 Å². The van der Waals surface area contributed by atoms with E-state index in [9.17, 15) is 13.2 Å². The van der Waals surface area contributed by atoms with E-state index in [1.165, 1.54) is 4.31 Å². The maximum Gasteiger partial charge on any atom is 0.316 e. The van der Waals surface area contributed by atoms with Crippen molar-refractivity contribution in [3.8, 4) is 11.5 Å². The molecule has 1 aromatic heterocycles. The van der Waals surface area contributed by atoms with Gasteiger partial charge in [-0.15, -0.1) is 10.2 Å². The van der Waals surface area contributed by atoms with Crippen molar-refractivity contribution in [2.24, 2.45) is 0 Å². The molecule has 1 aliphatic heterocycles. The van der Waals surface area contributed by atoms with E-state index in [1.807, 2.05) is 0 Å². The van der Waals surface area contributed by atoms with Gasteiger partial charge in [-0.1, -0.05) is 24.2 Å². The average molecular weight is 440 g/mol. The number of carbonyl (C=O) groups excluding carboxylic acids is 1. The smallest absolute Gasteiger partial charge is 0.316 e. The number of ether oxygens (including phenoxy) is 1. The van der Waals surface area contributed by atoms with Crippen LogP contribution in [-0.4, -0.2) is 53.3 Å². The van der Waals surface area contributed by atoms with Crippen LogP contribution in [0.4, 0.5) is 0 Å². The minimum Gasteiger partial charge on any atom is -0.459 e. The van der Waals surface area contributed by atoms with Gasteiger partial charge >= 0.3 is 5.97 Å². The molecular weight excluding hydrogens is 414 g/mol. The molecule has 1 fully saturated rings. The van der Waals surface area contributed by atoms with Crippen LogP contribution in [0.5, 0.6) is 0 Å². The summed E-state index contributed by atoms with van der Waals surface area (Å²) in [5.74, 6) is -0.133. The maximum absolute atomic E-state index is 12.9. The van der Waals surface area contributed by atoms with Crippen LogP contribution in [-0.2, 0) is 19.6 Å². The van der Waals surface area contributed by atoms with Gasteiger partial charge in [0, 0.05) is 18.7 Å². The molecule has 0 amide bonds. The number of hydrogen-bond acceptors (Lipinski definition) is 8. The molecule has 0 spiro atoms. The monoisotopic (exact) mass is 439 g/mol. The Morgan fingerprint density at radius 1 is 1.21 bits per heavy atom. The van der Waals surface area contributed by atoms with Crippen LogP contribution in [0.25, 0.3) is 11.5 Å². The summed E-state index contributed by atoms with van der Waals surface area (Å²) < 4.78 is 38.1. The third-order valence-electron chi connectivity index (χ3n) is 4.17. The summed E-state index contributed by atoms with van der Waals surface area (Å²) in [5, 5.41) is 8.12. The quantitative estimate of drug-likeness (QED) is 0.499. The maximum atomic E-state index is 12.9. The number of thioether (sulfide) groups is 1.